The maximum Gasteiger partial charge on any atom is 0.261 e. The first kappa shape index (κ1) is 15.9. The molecule has 0 bridgehead atoms. The molecule has 1 N–H and O–H groups in total. The molecule has 1 fully saturated rings. The maximum absolute atomic E-state index is 12.8. The molecular weight excluding hydrogens is 292 g/mol. The van der Waals surface area contributed by atoms with Gasteiger partial charge in [-0.05, 0) is 52.7 Å². The van der Waals surface area contributed by atoms with Gasteiger partial charge < -0.3 is 5.32 Å². The van der Waals surface area contributed by atoms with Crippen molar-refractivity contribution in [1.29, 1.82) is 0 Å². The van der Waals surface area contributed by atoms with Crippen LogP contribution in [0.25, 0.3) is 0 Å². The molecule has 0 saturated carbocycles. The van der Waals surface area contributed by atoms with Crippen molar-refractivity contribution in [2.45, 2.75) is 57.7 Å². The van der Waals surface area contributed by atoms with Crippen LogP contribution in [-0.4, -0.2) is 40.1 Å². The summed E-state index contributed by atoms with van der Waals surface area (Å²) in [5.74, 6) is -0.534. The van der Waals surface area contributed by atoms with Gasteiger partial charge in [0.2, 0.25) is 0 Å². The zero-order chi connectivity index (χ0) is 17.0. The van der Waals surface area contributed by atoms with Crippen LogP contribution in [0.4, 0.5) is 0 Å². The number of carbonyl (C=O) groups is 3. The van der Waals surface area contributed by atoms with Gasteiger partial charge in [-0.2, -0.15) is 0 Å². The van der Waals surface area contributed by atoms with Crippen LogP contribution in [0.3, 0.4) is 0 Å². The number of hydrogen-bond donors (Lipinski definition) is 1. The monoisotopic (exact) mass is 314 g/mol. The molecule has 23 heavy (non-hydrogen) atoms. The Morgan fingerprint density at radius 3 is 2.17 bits per heavy atom. The Kier molecular flexibility index (Phi) is 3.45. The minimum absolute atomic E-state index is 0.145. The molecule has 0 aromatic heterocycles. The number of fused-ring (bicyclic) bond motifs is 1. The van der Waals surface area contributed by atoms with Gasteiger partial charge in [0, 0.05) is 22.7 Å². The van der Waals surface area contributed by atoms with E-state index in [-0.39, 0.29) is 28.9 Å². The molecule has 0 atom stereocenters. The Morgan fingerprint density at radius 1 is 1.04 bits per heavy atom. The van der Waals surface area contributed by atoms with Crippen LogP contribution in [0.1, 0.15) is 71.6 Å². The van der Waals surface area contributed by atoms with Gasteiger partial charge >= 0.3 is 0 Å². The number of carbonyl (C=O) groups excluding carboxylic acids is 3. The van der Waals surface area contributed by atoms with Crippen molar-refractivity contribution in [1.82, 2.24) is 10.2 Å². The highest BCUT2D eigenvalue weighted by Crippen LogP contribution is 2.35. The quantitative estimate of drug-likeness (QED) is 0.672. The van der Waals surface area contributed by atoms with E-state index in [2.05, 4.69) is 33.0 Å². The SMILES string of the molecule is CC1(C)CC(N2C(=O)c3ccc(C=O)cc3C2=O)CC(C)(C)N1. The van der Waals surface area contributed by atoms with Crippen molar-refractivity contribution >= 4 is 18.1 Å². The van der Waals surface area contributed by atoms with Crippen LogP contribution in [0.5, 0.6) is 0 Å². The summed E-state index contributed by atoms with van der Waals surface area (Å²) < 4.78 is 0. The summed E-state index contributed by atoms with van der Waals surface area (Å²) in [6, 6.07) is 4.53. The maximum atomic E-state index is 12.8. The highest BCUT2D eigenvalue weighted by molar-refractivity contribution is 6.22. The summed E-state index contributed by atoms with van der Waals surface area (Å²) in [5, 5.41) is 3.56. The second-order valence-corrected chi connectivity index (χ2v) is 7.86. The van der Waals surface area contributed by atoms with E-state index in [9.17, 15) is 14.4 Å². The lowest BCUT2D eigenvalue weighted by molar-refractivity contribution is 0.0412. The zero-order valence-electron chi connectivity index (χ0n) is 14.0. The number of imide groups is 1. The fourth-order valence-electron chi connectivity index (χ4n) is 4.13. The van der Waals surface area contributed by atoms with E-state index in [1.165, 1.54) is 11.0 Å². The molecule has 0 radical (unpaired) electrons. The van der Waals surface area contributed by atoms with Gasteiger partial charge in [-0.25, -0.2) is 0 Å². The van der Waals surface area contributed by atoms with E-state index in [0.29, 0.717) is 35.8 Å². The number of aldehydes is 1. The molecule has 2 aliphatic heterocycles. The van der Waals surface area contributed by atoms with Gasteiger partial charge in [-0.3, -0.25) is 19.3 Å². The Labute approximate surface area is 136 Å². The van der Waals surface area contributed by atoms with Crippen LogP contribution in [0.15, 0.2) is 18.2 Å². The smallest absolute Gasteiger partial charge is 0.261 e. The third-order valence-corrected chi connectivity index (χ3v) is 4.61. The molecular formula is C18H22N2O3. The minimum atomic E-state index is -0.285. The average molecular weight is 314 g/mol. The third kappa shape index (κ3) is 2.70. The average Bonchev–Trinajstić information content (AvgIpc) is 2.67. The predicted octanol–water partition coefficient (Wildman–Crippen LogP) is 2.40. The van der Waals surface area contributed by atoms with Gasteiger partial charge in [0.15, 0.2) is 0 Å². The lowest BCUT2D eigenvalue weighted by Gasteiger charge is -2.48. The molecule has 1 aromatic carbocycles. The van der Waals surface area contributed by atoms with Crippen LogP contribution < -0.4 is 5.32 Å². The molecule has 5 nitrogen and oxygen atoms in total. The number of nitrogens with zero attached hydrogens (tertiary/aromatic N) is 1. The fourth-order valence-corrected chi connectivity index (χ4v) is 4.13. The number of piperidine rings is 1. The first-order valence-electron chi connectivity index (χ1n) is 7.90. The van der Waals surface area contributed by atoms with E-state index >= 15 is 0 Å². The Balaban J connectivity index is 1.97. The molecule has 1 aromatic rings. The van der Waals surface area contributed by atoms with Crippen molar-refractivity contribution < 1.29 is 14.4 Å². The summed E-state index contributed by atoms with van der Waals surface area (Å²) in [4.78, 5) is 37.8. The second-order valence-electron chi connectivity index (χ2n) is 7.86. The summed E-state index contributed by atoms with van der Waals surface area (Å²) >= 11 is 0. The van der Waals surface area contributed by atoms with Crippen molar-refractivity contribution in [3.8, 4) is 0 Å². The molecule has 3 rings (SSSR count). The predicted molar refractivity (Wildman–Crippen MR) is 86.6 cm³/mol. The Morgan fingerprint density at radius 2 is 1.61 bits per heavy atom. The second kappa shape index (κ2) is 4.99. The van der Waals surface area contributed by atoms with Crippen molar-refractivity contribution in [2.75, 3.05) is 0 Å². The van der Waals surface area contributed by atoms with Gasteiger partial charge in [-0.1, -0.05) is 6.07 Å². The summed E-state index contributed by atoms with van der Waals surface area (Å²) in [6.07, 6.45) is 2.11. The van der Waals surface area contributed by atoms with Gasteiger partial charge in [-0.15, -0.1) is 0 Å². The Bertz CT molecular complexity index is 690. The number of rotatable bonds is 2. The summed E-state index contributed by atoms with van der Waals surface area (Å²) in [7, 11) is 0. The molecule has 122 valence electrons. The molecule has 0 spiro atoms. The van der Waals surface area contributed by atoms with Crippen LogP contribution in [0.2, 0.25) is 0 Å². The van der Waals surface area contributed by atoms with E-state index in [4.69, 9.17) is 0 Å². The first-order valence-corrected chi connectivity index (χ1v) is 7.90. The molecule has 2 heterocycles. The highest BCUT2D eigenvalue weighted by atomic mass is 16.2. The van der Waals surface area contributed by atoms with E-state index in [1.807, 2.05) is 0 Å². The summed E-state index contributed by atoms with van der Waals surface area (Å²) in [5.41, 5.74) is 0.840. The zero-order valence-corrected chi connectivity index (χ0v) is 14.0. The number of amides is 2. The van der Waals surface area contributed by atoms with Crippen molar-refractivity contribution in [3.63, 3.8) is 0 Å². The number of hydrogen-bond acceptors (Lipinski definition) is 4. The lowest BCUT2D eigenvalue weighted by Crippen LogP contribution is -2.62. The normalized spacial score (nSPS) is 23.0. The standard InChI is InChI=1S/C18H22N2O3/c1-17(2)8-12(9-18(3,4)19-17)20-15(22)13-6-5-11(10-21)7-14(13)16(20)23/h5-7,10,12,19H,8-9H2,1-4H3. The van der Waals surface area contributed by atoms with Crippen molar-refractivity contribution in [3.05, 3.63) is 34.9 Å². The number of nitrogens with one attached hydrogen (secondary N) is 1. The van der Waals surface area contributed by atoms with E-state index in [0.717, 1.165) is 0 Å². The number of benzene rings is 1. The highest BCUT2D eigenvalue weighted by Gasteiger charge is 2.46. The molecule has 5 heteroatoms. The topological polar surface area (TPSA) is 66.5 Å². The largest absolute Gasteiger partial charge is 0.307 e. The first-order chi connectivity index (χ1) is 10.6. The Hall–Kier alpha value is -2.01. The molecule has 2 amide bonds. The van der Waals surface area contributed by atoms with Crippen LogP contribution in [-0.2, 0) is 0 Å². The van der Waals surface area contributed by atoms with E-state index < -0.39 is 0 Å². The van der Waals surface area contributed by atoms with Gasteiger partial charge in [0.25, 0.3) is 11.8 Å². The fraction of sp³-hybridized carbons (Fsp3) is 0.500. The summed E-state index contributed by atoms with van der Waals surface area (Å²) in [6.45, 7) is 8.35. The molecule has 0 aliphatic carbocycles. The lowest BCUT2D eigenvalue weighted by atomic mass is 9.79. The van der Waals surface area contributed by atoms with Crippen LogP contribution >= 0.6 is 0 Å². The van der Waals surface area contributed by atoms with Gasteiger partial charge in [0.05, 0.1) is 11.1 Å². The molecule has 0 unspecified atom stereocenters. The van der Waals surface area contributed by atoms with Gasteiger partial charge in [0.1, 0.15) is 6.29 Å². The minimum Gasteiger partial charge on any atom is -0.307 e. The van der Waals surface area contributed by atoms with Crippen LogP contribution in [0, 0.1) is 0 Å². The third-order valence-electron chi connectivity index (χ3n) is 4.61. The van der Waals surface area contributed by atoms with Crippen molar-refractivity contribution in [2.24, 2.45) is 0 Å². The van der Waals surface area contributed by atoms with E-state index in [1.54, 1.807) is 12.1 Å². The molecule has 1 saturated heterocycles. The molecule has 2 aliphatic rings.